The van der Waals surface area contributed by atoms with Crippen LogP contribution in [0.4, 0.5) is 0 Å². The van der Waals surface area contributed by atoms with Gasteiger partial charge >= 0.3 is 0 Å². The van der Waals surface area contributed by atoms with Gasteiger partial charge in [0, 0.05) is 5.92 Å². The molecule has 0 amide bonds. The van der Waals surface area contributed by atoms with Gasteiger partial charge in [-0.15, -0.1) is 0 Å². The summed E-state index contributed by atoms with van der Waals surface area (Å²) in [6.07, 6.45) is 1.05. The van der Waals surface area contributed by atoms with Gasteiger partial charge in [-0.05, 0) is 45.5 Å². The Balaban J connectivity index is 1.84. The number of furan rings is 1. The van der Waals surface area contributed by atoms with Crippen molar-refractivity contribution in [2.45, 2.75) is 46.6 Å². The molecule has 0 saturated heterocycles. The third-order valence-corrected chi connectivity index (χ3v) is 3.50. The molecule has 2 aromatic heterocycles. The largest absolute Gasteiger partial charge is 0.466 e. The van der Waals surface area contributed by atoms with Gasteiger partial charge < -0.3 is 8.94 Å². The minimum absolute atomic E-state index is 0.419. The smallest absolute Gasteiger partial charge is 0.240 e. The molecule has 1 atom stereocenters. The van der Waals surface area contributed by atoms with E-state index < -0.39 is 0 Å². The molecule has 20 heavy (non-hydrogen) atoms. The maximum atomic E-state index is 5.67. The van der Waals surface area contributed by atoms with E-state index in [0.717, 1.165) is 31.0 Å². The zero-order valence-corrected chi connectivity index (χ0v) is 12.7. The fourth-order valence-corrected chi connectivity index (χ4v) is 2.18. The van der Waals surface area contributed by atoms with Crippen LogP contribution in [0.25, 0.3) is 0 Å². The summed E-state index contributed by atoms with van der Waals surface area (Å²) in [4.78, 5) is 6.55. The molecule has 0 aliphatic rings. The van der Waals surface area contributed by atoms with Crippen molar-refractivity contribution in [2.75, 3.05) is 13.1 Å². The quantitative estimate of drug-likeness (QED) is 0.777. The molecule has 0 fully saturated rings. The Hall–Kier alpha value is -1.62. The third-order valence-electron chi connectivity index (χ3n) is 3.50. The van der Waals surface area contributed by atoms with Crippen molar-refractivity contribution in [3.63, 3.8) is 0 Å². The number of nitrogens with zero attached hydrogens (tertiary/aromatic N) is 3. The van der Waals surface area contributed by atoms with Crippen LogP contribution in [-0.4, -0.2) is 28.1 Å². The highest BCUT2D eigenvalue weighted by atomic mass is 16.5. The summed E-state index contributed by atoms with van der Waals surface area (Å²) in [5.74, 6) is 3.83. The van der Waals surface area contributed by atoms with Crippen molar-refractivity contribution in [2.24, 2.45) is 0 Å². The Bertz CT molecular complexity index is 533. The first kappa shape index (κ1) is 14.8. The van der Waals surface area contributed by atoms with Gasteiger partial charge in [0.2, 0.25) is 5.89 Å². The van der Waals surface area contributed by atoms with Gasteiger partial charge in [0.25, 0.3) is 0 Å². The molecule has 0 aromatic carbocycles. The summed E-state index contributed by atoms with van der Waals surface area (Å²) >= 11 is 0. The van der Waals surface area contributed by atoms with Crippen LogP contribution in [0.2, 0.25) is 0 Å². The van der Waals surface area contributed by atoms with E-state index >= 15 is 0 Å². The summed E-state index contributed by atoms with van der Waals surface area (Å²) in [5.41, 5.74) is 0. The van der Waals surface area contributed by atoms with Crippen molar-refractivity contribution < 1.29 is 8.94 Å². The summed E-state index contributed by atoms with van der Waals surface area (Å²) in [5, 5.41) is 3.82. The lowest BCUT2D eigenvalue weighted by Gasteiger charge is -2.19. The number of rotatable bonds is 7. The molecule has 0 N–H and O–H groups in total. The van der Waals surface area contributed by atoms with E-state index in [2.05, 4.69) is 35.0 Å². The summed E-state index contributed by atoms with van der Waals surface area (Å²) in [7, 11) is 0. The van der Waals surface area contributed by atoms with Gasteiger partial charge in [-0.2, -0.15) is 4.98 Å². The SMILES string of the molecule is CCN(CC[C@@H](C)c1ccc(C)o1)Cc1nc(C)no1. The van der Waals surface area contributed by atoms with Crippen molar-refractivity contribution in [3.05, 3.63) is 35.4 Å². The highest BCUT2D eigenvalue weighted by Gasteiger charge is 2.14. The van der Waals surface area contributed by atoms with Gasteiger partial charge in [-0.1, -0.05) is 19.0 Å². The fourth-order valence-electron chi connectivity index (χ4n) is 2.18. The predicted molar refractivity (Wildman–Crippen MR) is 76.5 cm³/mol. The van der Waals surface area contributed by atoms with Crippen molar-refractivity contribution in [1.82, 2.24) is 15.0 Å². The molecule has 0 aliphatic heterocycles. The lowest BCUT2D eigenvalue weighted by atomic mass is 10.1. The molecule has 0 unspecified atom stereocenters. The Morgan fingerprint density at radius 2 is 2.10 bits per heavy atom. The molecular weight excluding hydrogens is 254 g/mol. The average Bonchev–Trinajstić information content (AvgIpc) is 3.03. The molecule has 2 aromatic rings. The maximum absolute atomic E-state index is 5.67. The zero-order chi connectivity index (χ0) is 14.5. The molecule has 5 heteroatoms. The summed E-state index contributed by atoms with van der Waals surface area (Å²) in [6.45, 7) is 10.8. The maximum Gasteiger partial charge on any atom is 0.240 e. The topological polar surface area (TPSA) is 55.3 Å². The van der Waals surface area contributed by atoms with Crippen LogP contribution in [0.5, 0.6) is 0 Å². The summed E-state index contributed by atoms with van der Waals surface area (Å²) < 4.78 is 10.8. The molecule has 2 heterocycles. The van der Waals surface area contributed by atoms with Gasteiger partial charge in [0.05, 0.1) is 6.54 Å². The van der Waals surface area contributed by atoms with Gasteiger partial charge in [0.1, 0.15) is 11.5 Å². The van der Waals surface area contributed by atoms with Crippen LogP contribution in [0.15, 0.2) is 21.1 Å². The van der Waals surface area contributed by atoms with Crippen molar-refractivity contribution >= 4 is 0 Å². The van der Waals surface area contributed by atoms with E-state index in [9.17, 15) is 0 Å². The predicted octanol–water partition coefficient (Wildman–Crippen LogP) is 3.30. The number of aromatic nitrogens is 2. The molecule has 0 aliphatic carbocycles. The van der Waals surface area contributed by atoms with E-state index in [1.807, 2.05) is 19.9 Å². The standard InChI is InChI=1S/C15H23N3O2/c1-5-18(10-15-16-13(4)17-20-15)9-8-11(2)14-7-6-12(3)19-14/h6-7,11H,5,8-10H2,1-4H3/t11-/m1/s1. The Kier molecular flexibility index (Phi) is 4.95. The number of hydrogen-bond donors (Lipinski definition) is 0. The second kappa shape index (κ2) is 6.70. The minimum Gasteiger partial charge on any atom is -0.466 e. The molecule has 0 spiro atoms. The van der Waals surface area contributed by atoms with E-state index in [0.29, 0.717) is 24.2 Å². The lowest BCUT2D eigenvalue weighted by molar-refractivity contribution is 0.227. The summed E-state index contributed by atoms with van der Waals surface area (Å²) in [6, 6.07) is 4.09. The van der Waals surface area contributed by atoms with Gasteiger partial charge in [0.15, 0.2) is 5.82 Å². The number of aryl methyl sites for hydroxylation is 2. The molecule has 5 nitrogen and oxygen atoms in total. The van der Waals surface area contributed by atoms with Crippen LogP contribution in [-0.2, 0) is 6.54 Å². The van der Waals surface area contributed by atoms with Crippen LogP contribution >= 0.6 is 0 Å². The zero-order valence-electron chi connectivity index (χ0n) is 12.7. The Labute approximate surface area is 120 Å². The highest BCUT2D eigenvalue weighted by Crippen LogP contribution is 2.21. The molecule has 2 rings (SSSR count). The Morgan fingerprint density at radius 3 is 2.65 bits per heavy atom. The normalized spacial score (nSPS) is 13.1. The molecule has 0 bridgehead atoms. The highest BCUT2D eigenvalue weighted by molar-refractivity contribution is 5.09. The fraction of sp³-hybridized carbons (Fsp3) is 0.600. The monoisotopic (exact) mass is 277 g/mol. The van der Waals surface area contributed by atoms with Crippen molar-refractivity contribution in [3.8, 4) is 0 Å². The van der Waals surface area contributed by atoms with E-state index in [-0.39, 0.29) is 0 Å². The lowest BCUT2D eigenvalue weighted by Crippen LogP contribution is -2.25. The minimum atomic E-state index is 0.419. The van der Waals surface area contributed by atoms with Gasteiger partial charge in [-0.25, -0.2) is 0 Å². The van der Waals surface area contributed by atoms with Crippen LogP contribution in [0, 0.1) is 13.8 Å². The second-order valence-corrected chi connectivity index (χ2v) is 5.24. The van der Waals surface area contributed by atoms with E-state index in [4.69, 9.17) is 8.94 Å². The average molecular weight is 277 g/mol. The van der Waals surface area contributed by atoms with E-state index in [1.54, 1.807) is 0 Å². The van der Waals surface area contributed by atoms with Gasteiger partial charge in [-0.3, -0.25) is 4.90 Å². The van der Waals surface area contributed by atoms with Crippen LogP contribution < -0.4 is 0 Å². The molecular formula is C15H23N3O2. The van der Waals surface area contributed by atoms with Crippen molar-refractivity contribution in [1.29, 1.82) is 0 Å². The number of hydrogen-bond acceptors (Lipinski definition) is 5. The molecule has 0 saturated carbocycles. The second-order valence-electron chi connectivity index (χ2n) is 5.24. The van der Waals surface area contributed by atoms with Crippen LogP contribution in [0.3, 0.4) is 0 Å². The first-order chi connectivity index (χ1) is 9.58. The third kappa shape index (κ3) is 3.93. The molecule has 0 radical (unpaired) electrons. The first-order valence-electron chi connectivity index (χ1n) is 7.16. The Morgan fingerprint density at radius 1 is 1.30 bits per heavy atom. The van der Waals surface area contributed by atoms with E-state index in [1.165, 1.54) is 0 Å². The molecule has 110 valence electrons. The van der Waals surface area contributed by atoms with Crippen LogP contribution in [0.1, 0.15) is 49.4 Å². The first-order valence-corrected chi connectivity index (χ1v) is 7.16.